The van der Waals surface area contributed by atoms with Gasteiger partial charge in [0.15, 0.2) is 0 Å². The molecular formula is C15H19NO4. The van der Waals surface area contributed by atoms with Crippen molar-refractivity contribution in [1.29, 1.82) is 0 Å². The maximum absolute atomic E-state index is 12.4. The molecule has 1 aromatic rings. The Morgan fingerprint density at radius 3 is 2.65 bits per heavy atom. The van der Waals surface area contributed by atoms with E-state index in [1.807, 2.05) is 31.2 Å². The molecule has 20 heavy (non-hydrogen) atoms. The first-order valence-corrected chi connectivity index (χ1v) is 6.56. The van der Waals surface area contributed by atoms with E-state index in [-0.39, 0.29) is 11.7 Å². The molecule has 1 aliphatic heterocycles. The van der Waals surface area contributed by atoms with Crippen molar-refractivity contribution in [2.75, 3.05) is 33.4 Å². The molecule has 2 rings (SSSR count). The molecule has 0 radical (unpaired) electrons. The van der Waals surface area contributed by atoms with Gasteiger partial charge in [0.25, 0.3) is 5.91 Å². The van der Waals surface area contributed by atoms with Gasteiger partial charge in [-0.05, 0) is 18.6 Å². The van der Waals surface area contributed by atoms with E-state index in [9.17, 15) is 4.79 Å². The van der Waals surface area contributed by atoms with E-state index in [2.05, 4.69) is 0 Å². The van der Waals surface area contributed by atoms with E-state index < -0.39 is 0 Å². The zero-order chi connectivity index (χ0) is 14.4. The summed E-state index contributed by atoms with van der Waals surface area (Å²) in [6.45, 7) is 4.17. The Morgan fingerprint density at radius 1 is 1.30 bits per heavy atom. The van der Waals surface area contributed by atoms with Gasteiger partial charge in [0.2, 0.25) is 5.76 Å². The van der Waals surface area contributed by atoms with Gasteiger partial charge in [-0.25, -0.2) is 0 Å². The summed E-state index contributed by atoms with van der Waals surface area (Å²) in [5.74, 6) is 0.652. The maximum atomic E-state index is 12.4. The number of morpholine rings is 1. The standard InChI is InChI=1S/C15H19NO4/c1-12-5-3-4-6-13(12)20-14(11-18-2)15(17)16-7-9-19-10-8-16/h3-6,11H,7-10H2,1-2H3/b14-11+. The maximum Gasteiger partial charge on any atom is 0.293 e. The molecule has 0 atom stereocenters. The SMILES string of the molecule is CO/C=C(/Oc1ccccc1C)C(=O)N1CCOCC1. The minimum atomic E-state index is -0.182. The van der Waals surface area contributed by atoms with Crippen LogP contribution in [-0.2, 0) is 14.3 Å². The lowest BCUT2D eigenvalue weighted by atomic mass is 10.2. The van der Waals surface area contributed by atoms with E-state index in [0.717, 1.165) is 5.56 Å². The summed E-state index contributed by atoms with van der Waals surface area (Å²) in [4.78, 5) is 14.1. The van der Waals surface area contributed by atoms with Crippen LogP contribution < -0.4 is 4.74 Å². The van der Waals surface area contributed by atoms with E-state index in [1.165, 1.54) is 13.4 Å². The molecule has 0 aliphatic carbocycles. The Morgan fingerprint density at radius 2 is 2.00 bits per heavy atom. The summed E-state index contributed by atoms with van der Waals surface area (Å²) in [5, 5.41) is 0. The third kappa shape index (κ3) is 3.51. The fourth-order valence-corrected chi connectivity index (χ4v) is 1.94. The van der Waals surface area contributed by atoms with Crippen molar-refractivity contribution in [2.45, 2.75) is 6.92 Å². The minimum absolute atomic E-state index is 0.182. The number of methoxy groups -OCH3 is 1. The highest BCUT2D eigenvalue weighted by Crippen LogP contribution is 2.20. The lowest BCUT2D eigenvalue weighted by Gasteiger charge is -2.27. The molecule has 1 fully saturated rings. The number of amides is 1. The van der Waals surface area contributed by atoms with Gasteiger partial charge in [-0.15, -0.1) is 0 Å². The van der Waals surface area contributed by atoms with Crippen LogP contribution in [0.15, 0.2) is 36.3 Å². The number of rotatable bonds is 4. The summed E-state index contributed by atoms with van der Waals surface area (Å²) >= 11 is 0. The van der Waals surface area contributed by atoms with Gasteiger partial charge in [0, 0.05) is 13.1 Å². The quantitative estimate of drug-likeness (QED) is 0.621. The molecule has 0 aromatic heterocycles. The first kappa shape index (κ1) is 14.4. The summed E-state index contributed by atoms with van der Waals surface area (Å²) in [7, 11) is 1.49. The molecule has 5 heteroatoms. The summed E-state index contributed by atoms with van der Waals surface area (Å²) in [5.41, 5.74) is 0.962. The van der Waals surface area contributed by atoms with Crippen LogP contribution >= 0.6 is 0 Å². The number of hydrogen-bond acceptors (Lipinski definition) is 4. The first-order valence-electron chi connectivity index (χ1n) is 6.56. The number of carbonyl (C=O) groups is 1. The summed E-state index contributed by atoms with van der Waals surface area (Å²) in [6.07, 6.45) is 1.34. The highest BCUT2D eigenvalue weighted by molar-refractivity contribution is 5.91. The van der Waals surface area contributed by atoms with Gasteiger partial charge in [-0.3, -0.25) is 4.79 Å². The number of aryl methyl sites for hydroxylation is 1. The lowest BCUT2D eigenvalue weighted by molar-refractivity contribution is -0.133. The fourth-order valence-electron chi connectivity index (χ4n) is 1.94. The summed E-state index contributed by atoms with van der Waals surface area (Å²) < 4.78 is 15.9. The molecular weight excluding hydrogens is 258 g/mol. The average molecular weight is 277 g/mol. The molecule has 0 N–H and O–H groups in total. The highest BCUT2D eigenvalue weighted by Gasteiger charge is 2.23. The fraction of sp³-hybridized carbons (Fsp3) is 0.400. The second-order valence-electron chi connectivity index (χ2n) is 4.49. The Kier molecular flexibility index (Phi) is 5.01. The van der Waals surface area contributed by atoms with Gasteiger partial charge in [0.1, 0.15) is 12.0 Å². The molecule has 0 unspecified atom stereocenters. The Labute approximate surface area is 118 Å². The van der Waals surface area contributed by atoms with E-state index in [4.69, 9.17) is 14.2 Å². The van der Waals surface area contributed by atoms with Crippen LogP contribution in [0.3, 0.4) is 0 Å². The molecule has 1 aromatic carbocycles. The Bertz CT molecular complexity index is 492. The second kappa shape index (κ2) is 6.96. The van der Waals surface area contributed by atoms with Crippen molar-refractivity contribution in [3.63, 3.8) is 0 Å². The molecule has 0 spiro atoms. The number of benzene rings is 1. The third-order valence-corrected chi connectivity index (χ3v) is 3.05. The number of para-hydroxylation sites is 1. The van der Waals surface area contributed by atoms with Crippen LogP contribution in [0.2, 0.25) is 0 Å². The van der Waals surface area contributed by atoms with Crippen molar-refractivity contribution in [2.24, 2.45) is 0 Å². The van der Waals surface area contributed by atoms with Crippen LogP contribution in [0, 0.1) is 6.92 Å². The molecule has 1 heterocycles. The van der Waals surface area contributed by atoms with Gasteiger partial charge in [-0.1, -0.05) is 18.2 Å². The second-order valence-corrected chi connectivity index (χ2v) is 4.49. The molecule has 1 saturated heterocycles. The normalized spacial score (nSPS) is 15.9. The molecule has 0 bridgehead atoms. The van der Waals surface area contributed by atoms with Crippen molar-refractivity contribution >= 4 is 5.91 Å². The van der Waals surface area contributed by atoms with Gasteiger partial charge < -0.3 is 19.1 Å². The zero-order valence-electron chi connectivity index (χ0n) is 11.8. The van der Waals surface area contributed by atoms with Crippen LogP contribution in [-0.4, -0.2) is 44.2 Å². The Balaban J connectivity index is 2.13. The van der Waals surface area contributed by atoms with Crippen LogP contribution in [0.25, 0.3) is 0 Å². The smallest absolute Gasteiger partial charge is 0.293 e. The van der Waals surface area contributed by atoms with E-state index in [1.54, 1.807) is 4.90 Å². The first-order chi connectivity index (χ1) is 9.72. The molecule has 1 amide bonds. The highest BCUT2D eigenvalue weighted by atomic mass is 16.5. The van der Waals surface area contributed by atoms with Crippen LogP contribution in [0.4, 0.5) is 0 Å². The largest absolute Gasteiger partial charge is 0.500 e. The Hall–Kier alpha value is -2.01. The van der Waals surface area contributed by atoms with Crippen molar-refractivity contribution < 1.29 is 19.0 Å². The topological polar surface area (TPSA) is 48.0 Å². The predicted molar refractivity (Wildman–Crippen MR) is 74.3 cm³/mol. The van der Waals surface area contributed by atoms with Crippen LogP contribution in [0.5, 0.6) is 5.75 Å². The minimum Gasteiger partial charge on any atom is -0.500 e. The van der Waals surface area contributed by atoms with Crippen LogP contribution in [0.1, 0.15) is 5.56 Å². The van der Waals surface area contributed by atoms with Gasteiger partial charge >= 0.3 is 0 Å². The molecule has 5 nitrogen and oxygen atoms in total. The van der Waals surface area contributed by atoms with E-state index in [0.29, 0.717) is 32.1 Å². The van der Waals surface area contributed by atoms with Crippen molar-refractivity contribution in [3.05, 3.63) is 41.9 Å². The van der Waals surface area contributed by atoms with Crippen molar-refractivity contribution in [1.82, 2.24) is 4.90 Å². The lowest BCUT2D eigenvalue weighted by Crippen LogP contribution is -2.42. The monoisotopic (exact) mass is 277 g/mol. The van der Waals surface area contributed by atoms with Crippen molar-refractivity contribution in [3.8, 4) is 5.75 Å². The number of carbonyl (C=O) groups excluding carboxylic acids is 1. The molecule has 108 valence electrons. The third-order valence-electron chi connectivity index (χ3n) is 3.05. The average Bonchev–Trinajstić information content (AvgIpc) is 2.49. The molecule has 0 saturated carbocycles. The van der Waals surface area contributed by atoms with E-state index >= 15 is 0 Å². The molecule has 1 aliphatic rings. The van der Waals surface area contributed by atoms with Gasteiger partial charge in [0.05, 0.1) is 20.3 Å². The predicted octanol–water partition coefficient (Wildman–Crippen LogP) is 1.72. The summed E-state index contributed by atoms with van der Waals surface area (Å²) in [6, 6.07) is 7.54. The van der Waals surface area contributed by atoms with Gasteiger partial charge in [-0.2, -0.15) is 0 Å². The number of hydrogen-bond donors (Lipinski definition) is 0. The number of nitrogens with zero attached hydrogens (tertiary/aromatic N) is 1. The zero-order valence-corrected chi connectivity index (χ0v) is 11.8. The number of ether oxygens (including phenoxy) is 3.